The van der Waals surface area contributed by atoms with Gasteiger partial charge in [0.2, 0.25) is 5.88 Å². The first-order chi connectivity index (χ1) is 14.7. The van der Waals surface area contributed by atoms with Crippen LogP contribution in [-0.2, 0) is 6.54 Å². The minimum atomic E-state index is -0.305. The van der Waals surface area contributed by atoms with Crippen molar-refractivity contribution in [3.8, 4) is 17.3 Å². The predicted octanol–water partition coefficient (Wildman–Crippen LogP) is 4.69. The van der Waals surface area contributed by atoms with E-state index in [0.29, 0.717) is 23.9 Å². The topological polar surface area (TPSA) is 81.1 Å². The average Bonchev–Trinajstić information content (AvgIpc) is 3.31. The largest absolute Gasteiger partial charge is 0.439 e. The number of hydrogen-bond donors (Lipinski definition) is 2. The molecule has 0 radical (unpaired) electrons. The Bertz CT molecular complexity index is 1090. The highest BCUT2D eigenvalue weighted by atomic mass is 16.5. The van der Waals surface area contributed by atoms with Crippen molar-refractivity contribution in [3.05, 3.63) is 96.4 Å². The SMILES string of the molecule is Cc1ccc(Oc2ccc(NC(=O)NCc3ccc(-n4cccn4)cc3)cn2)cc1. The van der Waals surface area contributed by atoms with Crippen LogP contribution in [0.25, 0.3) is 5.69 Å². The van der Waals surface area contributed by atoms with E-state index in [2.05, 4.69) is 20.7 Å². The second kappa shape index (κ2) is 8.91. The Morgan fingerprint density at radius 1 is 1.03 bits per heavy atom. The van der Waals surface area contributed by atoms with Gasteiger partial charge in [-0.25, -0.2) is 14.5 Å². The third-order valence-electron chi connectivity index (χ3n) is 4.40. The highest BCUT2D eigenvalue weighted by Gasteiger charge is 2.04. The fourth-order valence-electron chi connectivity index (χ4n) is 2.79. The van der Waals surface area contributed by atoms with Crippen molar-refractivity contribution < 1.29 is 9.53 Å². The molecule has 4 rings (SSSR count). The lowest BCUT2D eigenvalue weighted by molar-refractivity contribution is 0.251. The maximum atomic E-state index is 12.2. The van der Waals surface area contributed by atoms with Crippen LogP contribution in [0.4, 0.5) is 10.5 Å². The molecule has 2 aromatic carbocycles. The molecule has 0 saturated heterocycles. The number of urea groups is 1. The molecule has 7 nitrogen and oxygen atoms in total. The normalized spacial score (nSPS) is 10.4. The lowest BCUT2D eigenvalue weighted by Crippen LogP contribution is -2.28. The van der Waals surface area contributed by atoms with E-state index in [1.54, 1.807) is 29.2 Å². The van der Waals surface area contributed by atoms with Gasteiger partial charge in [0.05, 0.1) is 17.6 Å². The van der Waals surface area contributed by atoms with E-state index in [-0.39, 0.29) is 6.03 Å². The van der Waals surface area contributed by atoms with Crippen molar-refractivity contribution in [3.63, 3.8) is 0 Å². The van der Waals surface area contributed by atoms with Gasteiger partial charge in [-0.3, -0.25) is 0 Å². The number of amides is 2. The molecular weight excluding hydrogens is 378 g/mol. The van der Waals surface area contributed by atoms with Crippen molar-refractivity contribution in [1.82, 2.24) is 20.1 Å². The summed E-state index contributed by atoms with van der Waals surface area (Å²) in [6.45, 7) is 2.43. The number of anilines is 1. The monoisotopic (exact) mass is 399 g/mol. The molecule has 0 unspecified atom stereocenters. The second-order valence-corrected chi connectivity index (χ2v) is 6.72. The first kappa shape index (κ1) is 19.2. The number of benzene rings is 2. The van der Waals surface area contributed by atoms with Crippen molar-refractivity contribution >= 4 is 11.7 Å². The predicted molar refractivity (Wildman–Crippen MR) is 115 cm³/mol. The summed E-state index contributed by atoms with van der Waals surface area (Å²) in [4.78, 5) is 16.4. The van der Waals surface area contributed by atoms with Crippen LogP contribution in [0.2, 0.25) is 0 Å². The molecule has 0 saturated carbocycles. The number of ether oxygens (including phenoxy) is 1. The molecule has 0 fully saturated rings. The molecule has 0 aliphatic rings. The number of hydrogen-bond acceptors (Lipinski definition) is 4. The summed E-state index contributed by atoms with van der Waals surface area (Å²) in [5.74, 6) is 1.17. The lowest BCUT2D eigenvalue weighted by atomic mass is 10.2. The number of nitrogens with zero attached hydrogens (tertiary/aromatic N) is 3. The van der Waals surface area contributed by atoms with E-state index in [1.807, 2.05) is 67.7 Å². The van der Waals surface area contributed by atoms with Crippen LogP contribution in [0.1, 0.15) is 11.1 Å². The Kier molecular flexibility index (Phi) is 5.70. The molecule has 2 N–H and O–H groups in total. The number of pyridine rings is 1. The van der Waals surface area contributed by atoms with Crippen LogP contribution in [0.3, 0.4) is 0 Å². The number of carbonyl (C=O) groups is 1. The summed E-state index contributed by atoms with van der Waals surface area (Å²) in [7, 11) is 0. The Morgan fingerprint density at radius 3 is 2.50 bits per heavy atom. The fraction of sp³-hybridized carbons (Fsp3) is 0.0870. The van der Waals surface area contributed by atoms with Crippen LogP contribution < -0.4 is 15.4 Å². The third-order valence-corrected chi connectivity index (χ3v) is 4.40. The van der Waals surface area contributed by atoms with E-state index in [9.17, 15) is 4.79 Å². The Morgan fingerprint density at radius 2 is 1.83 bits per heavy atom. The van der Waals surface area contributed by atoms with Crippen LogP contribution in [0.15, 0.2) is 85.3 Å². The molecular formula is C23H21N5O2. The lowest BCUT2D eigenvalue weighted by Gasteiger charge is -2.09. The summed E-state index contributed by atoms with van der Waals surface area (Å²) in [6, 6.07) is 20.6. The van der Waals surface area contributed by atoms with Gasteiger partial charge < -0.3 is 15.4 Å². The summed E-state index contributed by atoms with van der Waals surface area (Å²) in [5, 5.41) is 9.78. The van der Waals surface area contributed by atoms with Crippen LogP contribution in [-0.4, -0.2) is 20.8 Å². The summed E-state index contributed by atoms with van der Waals surface area (Å²) in [6.07, 6.45) is 5.17. The van der Waals surface area contributed by atoms with E-state index >= 15 is 0 Å². The van der Waals surface area contributed by atoms with Crippen LogP contribution >= 0.6 is 0 Å². The minimum absolute atomic E-state index is 0.305. The number of carbonyl (C=O) groups excluding carboxylic acids is 1. The Hall–Kier alpha value is -4.13. The molecule has 2 amide bonds. The van der Waals surface area contributed by atoms with Gasteiger partial charge in [-0.15, -0.1) is 0 Å². The quantitative estimate of drug-likeness (QED) is 0.493. The van der Waals surface area contributed by atoms with Crippen molar-refractivity contribution in [2.45, 2.75) is 13.5 Å². The number of rotatable bonds is 6. The molecule has 7 heteroatoms. The van der Waals surface area contributed by atoms with E-state index in [0.717, 1.165) is 16.8 Å². The van der Waals surface area contributed by atoms with Gasteiger partial charge in [-0.05, 0) is 48.9 Å². The summed E-state index contributed by atoms with van der Waals surface area (Å²) in [5.41, 5.74) is 3.70. The van der Waals surface area contributed by atoms with Gasteiger partial charge in [-0.2, -0.15) is 5.10 Å². The highest BCUT2D eigenvalue weighted by Crippen LogP contribution is 2.20. The number of aryl methyl sites for hydroxylation is 1. The molecule has 0 bridgehead atoms. The number of aromatic nitrogens is 3. The molecule has 2 aromatic heterocycles. The van der Waals surface area contributed by atoms with Crippen molar-refractivity contribution in [2.75, 3.05) is 5.32 Å². The van der Waals surface area contributed by atoms with Crippen LogP contribution in [0, 0.1) is 6.92 Å². The van der Waals surface area contributed by atoms with Gasteiger partial charge in [0.25, 0.3) is 0 Å². The van der Waals surface area contributed by atoms with E-state index in [4.69, 9.17) is 4.74 Å². The summed E-state index contributed by atoms with van der Waals surface area (Å²) < 4.78 is 7.47. The fourth-order valence-corrected chi connectivity index (χ4v) is 2.79. The third kappa shape index (κ3) is 5.02. The maximum Gasteiger partial charge on any atom is 0.319 e. The maximum absolute atomic E-state index is 12.2. The zero-order valence-electron chi connectivity index (χ0n) is 16.4. The van der Waals surface area contributed by atoms with E-state index < -0.39 is 0 Å². The molecule has 0 aliphatic carbocycles. The van der Waals surface area contributed by atoms with Crippen LogP contribution in [0.5, 0.6) is 11.6 Å². The molecule has 0 aliphatic heterocycles. The first-order valence-corrected chi connectivity index (χ1v) is 9.50. The zero-order valence-corrected chi connectivity index (χ0v) is 16.4. The Labute approximate surface area is 174 Å². The molecule has 4 aromatic rings. The molecule has 30 heavy (non-hydrogen) atoms. The van der Waals surface area contributed by atoms with E-state index in [1.165, 1.54) is 0 Å². The van der Waals surface area contributed by atoms with Crippen molar-refractivity contribution in [2.24, 2.45) is 0 Å². The molecule has 150 valence electrons. The highest BCUT2D eigenvalue weighted by molar-refractivity contribution is 5.88. The Balaban J connectivity index is 1.27. The molecule has 0 spiro atoms. The zero-order chi connectivity index (χ0) is 20.8. The minimum Gasteiger partial charge on any atom is -0.439 e. The van der Waals surface area contributed by atoms with Gasteiger partial charge in [0.1, 0.15) is 5.75 Å². The molecule has 2 heterocycles. The van der Waals surface area contributed by atoms with Gasteiger partial charge in [-0.1, -0.05) is 29.8 Å². The first-order valence-electron chi connectivity index (χ1n) is 9.50. The van der Waals surface area contributed by atoms with Crippen molar-refractivity contribution in [1.29, 1.82) is 0 Å². The van der Waals surface area contributed by atoms with Gasteiger partial charge in [0, 0.05) is 25.0 Å². The molecule has 0 atom stereocenters. The standard InChI is InChI=1S/C23H21N5O2/c1-17-3-10-21(11-4-17)30-22-12-7-19(16-24-22)27-23(29)25-15-18-5-8-20(9-6-18)28-14-2-13-26-28/h2-14,16H,15H2,1H3,(H2,25,27,29). The number of nitrogens with one attached hydrogen (secondary N) is 2. The van der Waals surface area contributed by atoms with Gasteiger partial charge >= 0.3 is 6.03 Å². The summed E-state index contributed by atoms with van der Waals surface area (Å²) >= 11 is 0. The average molecular weight is 399 g/mol. The second-order valence-electron chi connectivity index (χ2n) is 6.72. The smallest absolute Gasteiger partial charge is 0.319 e. The van der Waals surface area contributed by atoms with Gasteiger partial charge in [0.15, 0.2) is 0 Å².